The standard InChI is InChI=1S/C23H27N5/c1-16-11-13-18(14-12-16)22(23-24-25-26-28(23)20-8-4-5-9-20)27-17(2)15-19-7-3-6-10-21(19)27/h3,6-7,10-14,17,20,22H,4-5,8-9,15H2,1-2H3/t17-,22+/m0/s1. The molecule has 3 aromatic rings. The van der Waals surface area contributed by atoms with Crippen LogP contribution in [0.3, 0.4) is 0 Å². The SMILES string of the molecule is Cc1ccc([C@H](c2nnnn2C2CCCC2)N2c3ccccc3C[C@@H]2C)cc1. The molecule has 5 rings (SSSR count). The van der Waals surface area contributed by atoms with E-state index in [4.69, 9.17) is 0 Å². The molecule has 28 heavy (non-hydrogen) atoms. The first-order chi connectivity index (χ1) is 13.7. The molecule has 0 bridgehead atoms. The maximum atomic E-state index is 4.57. The second-order valence-electron chi connectivity index (χ2n) is 8.32. The van der Waals surface area contributed by atoms with Gasteiger partial charge in [-0.25, -0.2) is 4.68 Å². The van der Waals surface area contributed by atoms with Crippen LogP contribution in [-0.4, -0.2) is 26.2 Å². The summed E-state index contributed by atoms with van der Waals surface area (Å²) in [4.78, 5) is 2.52. The van der Waals surface area contributed by atoms with Gasteiger partial charge in [-0.3, -0.25) is 0 Å². The van der Waals surface area contributed by atoms with Gasteiger partial charge in [-0.15, -0.1) is 5.10 Å². The largest absolute Gasteiger partial charge is 0.354 e. The number of benzene rings is 2. The van der Waals surface area contributed by atoms with Gasteiger partial charge in [0, 0.05) is 11.7 Å². The van der Waals surface area contributed by atoms with Crippen molar-refractivity contribution in [1.82, 2.24) is 20.2 Å². The van der Waals surface area contributed by atoms with Gasteiger partial charge in [0.15, 0.2) is 5.82 Å². The molecular formula is C23H27N5. The van der Waals surface area contributed by atoms with Crippen LogP contribution >= 0.6 is 0 Å². The van der Waals surface area contributed by atoms with Crippen molar-refractivity contribution in [2.24, 2.45) is 0 Å². The highest BCUT2D eigenvalue weighted by atomic mass is 15.6. The minimum Gasteiger partial charge on any atom is -0.354 e. The van der Waals surface area contributed by atoms with Crippen LogP contribution in [-0.2, 0) is 6.42 Å². The van der Waals surface area contributed by atoms with Crippen LogP contribution in [0.2, 0.25) is 0 Å². The first-order valence-electron chi connectivity index (χ1n) is 10.4. The predicted octanol–water partition coefficient (Wildman–Crippen LogP) is 4.64. The lowest BCUT2D eigenvalue weighted by Crippen LogP contribution is -2.36. The van der Waals surface area contributed by atoms with Crippen LogP contribution in [0.4, 0.5) is 5.69 Å². The fraction of sp³-hybridized carbons (Fsp3) is 0.435. The van der Waals surface area contributed by atoms with E-state index in [1.807, 2.05) is 0 Å². The van der Waals surface area contributed by atoms with Crippen molar-refractivity contribution in [2.75, 3.05) is 4.90 Å². The van der Waals surface area contributed by atoms with Crippen molar-refractivity contribution in [3.8, 4) is 0 Å². The first kappa shape index (κ1) is 17.4. The van der Waals surface area contributed by atoms with Gasteiger partial charge in [-0.2, -0.15) is 0 Å². The Morgan fingerprint density at radius 2 is 1.75 bits per heavy atom. The third-order valence-corrected chi connectivity index (χ3v) is 6.36. The highest BCUT2D eigenvalue weighted by molar-refractivity contribution is 5.62. The number of anilines is 1. The van der Waals surface area contributed by atoms with Gasteiger partial charge >= 0.3 is 0 Å². The lowest BCUT2D eigenvalue weighted by molar-refractivity contribution is 0.424. The molecule has 2 aromatic carbocycles. The number of hydrogen-bond donors (Lipinski definition) is 0. The van der Waals surface area contributed by atoms with E-state index in [2.05, 4.69) is 87.5 Å². The molecule has 0 unspecified atom stereocenters. The molecular weight excluding hydrogens is 346 g/mol. The Labute approximate surface area is 166 Å². The van der Waals surface area contributed by atoms with E-state index in [0.29, 0.717) is 12.1 Å². The molecule has 0 spiro atoms. The topological polar surface area (TPSA) is 46.8 Å². The fourth-order valence-electron chi connectivity index (χ4n) is 4.96. The Balaban J connectivity index is 1.65. The second kappa shape index (κ2) is 7.04. The van der Waals surface area contributed by atoms with Crippen molar-refractivity contribution in [2.45, 2.75) is 64.1 Å². The number of aryl methyl sites for hydroxylation is 1. The third kappa shape index (κ3) is 2.89. The molecule has 144 valence electrons. The number of tetrazole rings is 1. The Morgan fingerprint density at radius 3 is 2.54 bits per heavy atom. The Bertz CT molecular complexity index is 955. The zero-order valence-electron chi connectivity index (χ0n) is 16.6. The molecule has 0 radical (unpaired) electrons. The van der Waals surface area contributed by atoms with Gasteiger partial charge in [0.1, 0.15) is 6.04 Å². The van der Waals surface area contributed by atoms with Gasteiger partial charge < -0.3 is 4.90 Å². The minimum absolute atomic E-state index is 0.0230. The highest BCUT2D eigenvalue weighted by Crippen LogP contribution is 2.42. The van der Waals surface area contributed by atoms with E-state index >= 15 is 0 Å². The summed E-state index contributed by atoms with van der Waals surface area (Å²) >= 11 is 0. The van der Waals surface area contributed by atoms with Gasteiger partial charge in [-0.05, 0) is 60.7 Å². The summed E-state index contributed by atoms with van der Waals surface area (Å²) in [6, 6.07) is 18.5. The molecule has 0 saturated heterocycles. The lowest BCUT2D eigenvalue weighted by Gasteiger charge is -2.34. The predicted molar refractivity (Wildman–Crippen MR) is 110 cm³/mol. The normalized spacial score (nSPS) is 20.5. The summed E-state index contributed by atoms with van der Waals surface area (Å²) in [6.07, 6.45) is 5.93. The average molecular weight is 374 g/mol. The molecule has 0 N–H and O–H groups in total. The van der Waals surface area contributed by atoms with Crippen LogP contribution in [0.15, 0.2) is 48.5 Å². The van der Waals surface area contributed by atoms with Crippen LogP contribution < -0.4 is 4.90 Å². The maximum Gasteiger partial charge on any atom is 0.178 e. The summed E-state index contributed by atoms with van der Waals surface area (Å²) in [5.74, 6) is 0.972. The molecule has 5 nitrogen and oxygen atoms in total. The van der Waals surface area contributed by atoms with Crippen molar-refractivity contribution in [3.05, 3.63) is 71.0 Å². The maximum absolute atomic E-state index is 4.57. The van der Waals surface area contributed by atoms with Crippen LogP contribution in [0.25, 0.3) is 0 Å². The Kier molecular flexibility index (Phi) is 4.38. The van der Waals surface area contributed by atoms with E-state index in [1.165, 1.54) is 48.1 Å². The van der Waals surface area contributed by atoms with E-state index < -0.39 is 0 Å². The minimum atomic E-state index is 0.0230. The Hall–Kier alpha value is -2.69. The van der Waals surface area contributed by atoms with E-state index in [0.717, 1.165) is 12.2 Å². The molecule has 1 saturated carbocycles. The molecule has 1 aliphatic carbocycles. The van der Waals surface area contributed by atoms with Crippen LogP contribution in [0, 0.1) is 6.92 Å². The number of nitrogens with zero attached hydrogens (tertiary/aromatic N) is 5. The molecule has 1 aliphatic heterocycles. The fourth-order valence-corrected chi connectivity index (χ4v) is 4.96. The Morgan fingerprint density at radius 1 is 1.00 bits per heavy atom. The van der Waals surface area contributed by atoms with E-state index in [-0.39, 0.29) is 6.04 Å². The summed E-state index contributed by atoms with van der Waals surface area (Å²) in [5, 5.41) is 13.1. The molecule has 1 fully saturated rings. The zero-order chi connectivity index (χ0) is 19.1. The quantitative estimate of drug-likeness (QED) is 0.668. The lowest BCUT2D eigenvalue weighted by atomic mass is 10.0. The summed E-state index contributed by atoms with van der Waals surface area (Å²) in [6.45, 7) is 4.44. The van der Waals surface area contributed by atoms with Crippen LogP contribution in [0.5, 0.6) is 0 Å². The zero-order valence-corrected chi connectivity index (χ0v) is 16.6. The molecule has 2 heterocycles. The number of aromatic nitrogens is 4. The van der Waals surface area contributed by atoms with Gasteiger partial charge in [-0.1, -0.05) is 60.9 Å². The van der Waals surface area contributed by atoms with Crippen molar-refractivity contribution in [3.63, 3.8) is 0 Å². The monoisotopic (exact) mass is 373 g/mol. The number of fused-ring (bicyclic) bond motifs is 1. The number of para-hydroxylation sites is 1. The van der Waals surface area contributed by atoms with Gasteiger partial charge in [0.2, 0.25) is 0 Å². The number of hydrogen-bond acceptors (Lipinski definition) is 4. The van der Waals surface area contributed by atoms with Crippen LogP contribution in [0.1, 0.15) is 67.2 Å². The van der Waals surface area contributed by atoms with Gasteiger partial charge in [0.25, 0.3) is 0 Å². The summed E-state index contributed by atoms with van der Waals surface area (Å²) in [5.41, 5.74) is 5.24. The average Bonchev–Trinajstić information content (AvgIpc) is 3.44. The summed E-state index contributed by atoms with van der Waals surface area (Å²) in [7, 11) is 0. The second-order valence-corrected chi connectivity index (χ2v) is 8.32. The van der Waals surface area contributed by atoms with Gasteiger partial charge in [0.05, 0.1) is 6.04 Å². The summed E-state index contributed by atoms with van der Waals surface area (Å²) < 4.78 is 2.12. The number of rotatable bonds is 4. The van der Waals surface area contributed by atoms with Crippen molar-refractivity contribution < 1.29 is 0 Å². The first-order valence-corrected chi connectivity index (χ1v) is 10.4. The van der Waals surface area contributed by atoms with E-state index in [9.17, 15) is 0 Å². The van der Waals surface area contributed by atoms with Crippen molar-refractivity contribution >= 4 is 5.69 Å². The van der Waals surface area contributed by atoms with E-state index in [1.54, 1.807) is 0 Å². The highest BCUT2D eigenvalue weighted by Gasteiger charge is 2.37. The molecule has 5 heteroatoms. The third-order valence-electron chi connectivity index (χ3n) is 6.36. The molecule has 0 amide bonds. The molecule has 2 aliphatic rings. The molecule has 1 aromatic heterocycles. The molecule has 2 atom stereocenters. The smallest absolute Gasteiger partial charge is 0.178 e. The van der Waals surface area contributed by atoms with Crippen molar-refractivity contribution in [1.29, 1.82) is 0 Å².